The maximum absolute atomic E-state index is 12.1. The molecule has 0 aromatic heterocycles. The fourth-order valence-electron chi connectivity index (χ4n) is 2.83. The van der Waals surface area contributed by atoms with Gasteiger partial charge in [-0.2, -0.15) is 0 Å². The predicted molar refractivity (Wildman–Crippen MR) is 120 cm³/mol. The molecule has 0 unspecified atom stereocenters. The standard InChI is InChI=1S/C25H28N2O3/c1-27(2)17-16-20-8-10-22(11-9-20)26-25(28)19-30-24-14-12-23(13-15-24)29-18-21-6-4-3-5-7-21/h3-15H,16-19H2,1-2H3,(H,26,28). The zero-order chi connectivity index (χ0) is 21.2. The van der Waals surface area contributed by atoms with Gasteiger partial charge in [0.25, 0.3) is 5.91 Å². The van der Waals surface area contributed by atoms with Gasteiger partial charge in [-0.25, -0.2) is 0 Å². The van der Waals surface area contributed by atoms with Crippen molar-refractivity contribution in [2.45, 2.75) is 13.0 Å². The van der Waals surface area contributed by atoms with Gasteiger partial charge in [0.05, 0.1) is 0 Å². The molecule has 30 heavy (non-hydrogen) atoms. The van der Waals surface area contributed by atoms with Gasteiger partial charge in [0.1, 0.15) is 18.1 Å². The number of rotatable bonds is 10. The van der Waals surface area contributed by atoms with Crippen LogP contribution in [0.2, 0.25) is 0 Å². The first-order valence-electron chi connectivity index (χ1n) is 10.0. The summed E-state index contributed by atoms with van der Waals surface area (Å²) in [5.74, 6) is 1.18. The Morgan fingerprint density at radius 1 is 0.800 bits per heavy atom. The summed E-state index contributed by atoms with van der Waals surface area (Å²) in [6.45, 7) is 1.46. The summed E-state index contributed by atoms with van der Waals surface area (Å²) >= 11 is 0. The van der Waals surface area contributed by atoms with Crippen molar-refractivity contribution in [3.05, 3.63) is 90.0 Å². The second-order valence-electron chi connectivity index (χ2n) is 7.33. The van der Waals surface area contributed by atoms with Crippen molar-refractivity contribution in [1.29, 1.82) is 0 Å². The number of hydrogen-bond acceptors (Lipinski definition) is 4. The van der Waals surface area contributed by atoms with Gasteiger partial charge in [-0.3, -0.25) is 4.79 Å². The van der Waals surface area contributed by atoms with Crippen LogP contribution in [0, 0.1) is 0 Å². The SMILES string of the molecule is CN(C)CCc1ccc(NC(=O)COc2ccc(OCc3ccccc3)cc2)cc1. The number of ether oxygens (including phenoxy) is 2. The van der Waals surface area contributed by atoms with Crippen LogP contribution in [0.25, 0.3) is 0 Å². The fourth-order valence-corrected chi connectivity index (χ4v) is 2.83. The van der Waals surface area contributed by atoms with E-state index < -0.39 is 0 Å². The molecule has 1 amide bonds. The fraction of sp³-hybridized carbons (Fsp3) is 0.240. The van der Waals surface area contributed by atoms with E-state index in [-0.39, 0.29) is 12.5 Å². The van der Waals surface area contributed by atoms with Crippen LogP contribution in [0.4, 0.5) is 5.69 Å². The average Bonchev–Trinajstić information content (AvgIpc) is 2.77. The smallest absolute Gasteiger partial charge is 0.262 e. The number of hydrogen-bond donors (Lipinski definition) is 1. The quantitative estimate of drug-likeness (QED) is 0.545. The molecular weight excluding hydrogens is 376 g/mol. The number of carbonyl (C=O) groups excluding carboxylic acids is 1. The van der Waals surface area contributed by atoms with Crippen LogP contribution in [0.1, 0.15) is 11.1 Å². The lowest BCUT2D eigenvalue weighted by Crippen LogP contribution is -2.20. The zero-order valence-corrected chi connectivity index (χ0v) is 17.5. The van der Waals surface area contributed by atoms with E-state index in [9.17, 15) is 4.79 Å². The Bertz CT molecular complexity index is 907. The molecule has 1 N–H and O–H groups in total. The van der Waals surface area contributed by atoms with Crippen molar-refractivity contribution in [3.63, 3.8) is 0 Å². The van der Waals surface area contributed by atoms with E-state index in [4.69, 9.17) is 9.47 Å². The summed E-state index contributed by atoms with van der Waals surface area (Å²) in [6.07, 6.45) is 0.982. The van der Waals surface area contributed by atoms with Crippen molar-refractivity contribution in [3.8, 4) is 11.5 Å². The van der Waals surface area contributed by atoms with E-state index in [1.54, 1.807) is 12.1 Å². The third kappa shape index (κ3) is 7.26. The first-order valence-corrected chi connectivity index (χ1v) is 10.0. The molecule has 0 radical (unpaired) electrons. The van der Waals surface area contributed by atoms with E-state index in [2.05, 4.69) is 24.3 Å². The Morgan fingerprint density at radius 2 is 1.43 bits per heavy atom. The Labute approximate surface area is 178 Å². The van der Waals surface area contributed by atoms with Gasteiger partial charge in [-0.15, -0.1) is 0 Å². The highest BCUT2D eigenvalue weighted by Crippen LogP contribution is 2.19. The minimum atomic E-state index is -0.194. The van der Waals surface area contributed by atoms with Gasteiger partial charge >= 0.3 is 0 Å². The normalized spacial score (nSPS) is 10.6. The number of nitrogens with one attached hydrogen (secondary N) is 1. The van der Waals surface area contributed by atoms with E-state index in [1.165, 1.54) is 5.56 Å². The predicted octanol–water partition coefficient (Wildman–Crippen LogP) is 4.39. The van der Waals surface area contributed by atoms with Crippen molar-refractivity contribution < 1.29 is 14.3 Å². The first-order chi connectivity index (χ1) is 14.6. The van der Waals surface area contributed by atoms with Gasteiger partial charge in [0.15, 0.2) is 6.61 Å². The van der Waals surface area contributed by atoms with Gasteiger partial charge in [0, 0.05) is 12.2 Å². The van der Waals surface area contributed by atoms with Gasteiger partial charge < -0.3 is 19.7 Å². The monoisotopic (exact) mass is 404 g/mol. The summed E-state index contributed by atoms with van der Waals surface area (Å²) in [7, 11) is 4.11. The van der Waals surface area contributed by atoms with Crippen LogP contribution < -0.4 is 14.8 Å². The Morgan fingerprint density at radius 3 is 2.07 bits per heavy atom. The molecule has 0 fully saturated rings. The number of amides is 1. The van der Waals surface area contributed by atoms with Crippen molar-refractivity contribution in [2.75, 3.05) is 32.6 Å². The molecule has 0 aliphatic heterocycles. The Kier molecular flexibility index (Phi) is 7.86. The molecule has 0 aliphatic rings. The summed E-state index contributed by atoms with van der Waals surface area (Å²) in [4.78, 5) is 14.3. The van der Waals surface area contributed by atoms with Gasteiger partial charge in [0.2, 0.25) is 0 Å². The number of anilines is 1. The minimum absolute atomic E-state index is 0.0490. The average molecular weight is 405 g/mol. The molecule has 0 atom stereocenters. The minimum Gasteiger partial charge on any atom is -0.489 e. The van der Waals surface area contributed by atoms with Crippen LogP contribution in [-0.2, 0) is 17.8 Å². The van der Waals surface area contributed by atoms with E-state index in [1.807, 2.05) is 66.7 Å². The molecule has 0 saturated carbocycles. The lowest BCUT2D eigenvalue weighted by atomic mass is 10.1. The maximum atomic E-state index is 12.1. The second kappa shape index (κ2) is 11.0. The number of likely N-dealkylation sites (N-methyl/N-ethyl adjacent to an activating group) is 1. The highest BCUT2D eigenvalue weighted by Gasteiger charge is 2.05. The highest BCUT2D eigenvalue weighted by atomic mass is 16.5. The summed E-state index contributed by atoms with van der Waals surface area (Å²) < 4.78 is 11.3. The molecule has 3 aromatic rings. The lowest BCUT2D eigenvalue weighted by molar-refractivity contribution is -0.118. The lowest BCUT2D eigenvalue weighted by Gasteiger charge is -2.11. The van der Waals surface area contributed by atoms with Gasteiger partial charge in [-0.05, 0) is 68.0 Å². The number of nitrogens with zero attached hydrogens (tertiary/aromatic N) is 1. The molecule has 3 aromatic carbocycles. The summed E-state index contributed by atoms with van der Waals surface area (Å²) in [5.41, 5.74) is 3.12. The molecular formula is C25H28N2O3. The molecule has 156 valence electrons. The third-order valence-corrected chi connectivity index (χ3v) is 4.53. The molecule has 0 heterocycles. The Balaban J connectivity index is 1.41. The van der Waals surface area contributed by atoms with E-state index in [0.29, 0.717) is 12.4 Å². The van der Waals surface area contributed by atoms with Crippen LogP contribution in [0.3, 0.4) is 0 Å². The molecule has 5 nitrogen and oxygen atoms in total. The second-order valence-corrected chi connectivity index (χ2v) is 7.33. The summed E-state index contributed by atoms with van der Waals surface area (Å²) in [5, 5.41) is 2.86. The van der Waals surface area contributed by atoms with Crippen LogP contribution in [0.15, 0.2) is 78.9 Å². The molecule has 3 rings (SSSR count). The molecule has 0 spiro atoms. The van der Waals surface area contributed by atoms with E-state index in [0.717, 1.165) is 30.0 Å². The summed E-state index contributed by atoms with van der Waals surface area (Å²) in [6, 6.07) is 25.2. The zero-order valence-electron chi connectivity index (χ0n) is 17.5. The van der Waals surface area contributed by atoms with Crippen molar-refractivity contribution >= 4 is 11.6 Å². The maximum Gasteiger partial charge on any atom is 0.262 e. The van der Waals surface area contributed by atoms with E-state index >= 15 is 0 Å². The first kappa shape index (κ1) is 21.4. The largest absolute Gasteiger partial charge is 0.489 e. The van der Waals surface area contributed by atoms with Crippen molar-refractivity contribution in [1.82, 2.24) is 4.90 Å². The van der Waals surface area contributed by atoms with Crippen LogP contribution >= 0.6 is 0 Å². The molecule has 5 heteroatoms. The number of benzene rings is 3. The molecule has 0 bridgehead atoms. The molecule has 0 saturated heterocycles. The Hall–Kier alpha value is -3.31. The van der Waals surface area contributed by atoms with Crippen LogP contribution in [0.5, 0.6) is 11.5 Å². The number of carbonyl (C=O) groups is 1. The topological polar surface area (TPSA) is 50.8 Å². The van der Waals surface area contributed by atoms with Crippen LogP contribution in [-0.4, -0.2) is 38.1 Å². The van der Waals surface area contributed by atoms with Gasteiger partial charge in [-0.1, -0.05) is 42.5 Å². The highest BCUT2D eigenvalue weighted by molar-refractivity contribution is 5.91. The third-order valence-electron chi connectivity index (χ3n) is 4.53. The molecule has 0 aliphatic carbocycles. The van der Waals surface area contributed by atoms with Crippen molar-refractivity contribution in [2.24, 2.45) is 0 Å².